The predicted octanol–water partition coefficient (Wildman–Crippen LogP) is 2.87. The molecule has 1 unspecified atom stereocenters. The Hall–Kier alpha value is -2.04. The van der Waals surface area contributed by atoms with Gasteiger partial charge in [-0.25, -0.2) is 0 Å². The van der Waals surface area contributed by atoms with Gasteiger partial charge in [0.2, 0.25) is 5.91 Å². The third-order valence-electron chi connectivity index (χ3n) is 5.51. The Kier molecular flexibility index (Phi) is 4.88. The number of halogens is 1. The van der Waals surface area contributed by atoms with Gasteiger partial charge in [0, 0.05) is 42.9 Å². The first-order chi connectivity index (χ1) is 12.6. The van der Waals surface area contributed by atoms with E-state index < -0.39 is 0 Å². The zero-order chi connectivity index (χ0) is 18.0. The molecule has 4 nitrogen and oxygen atoms in total. The van der Waals surface area contributed by atoms with Crippen molar-refractivity contribution in [3.8, 4) is 0 Å². The molecule has 0 aliphatic carbocycles. The molecule has 4 rings (SSSR count). The number of benzene rings is 2. The summed E-state index contributed by atoms with van der Waals surface area (Å²) in [6, 6.07) is 18.4. The number of amides is 1. The summed E-state index contributed by atoms with van der Waals surface area (Å²) in [5, 5.41) is 7.31. The van der Waals surface area contributed by atoms with Crippen LogP contribution < -0.4 is 15.5 Å². The maximum atomic E-state index is 13.0. The highest BCUT2D eigenvalue weighted by Gasteiger charge is 2.45. The summed E-state index contributed by atoms with van der Waals surface area (Å²) in [5.74, 6) is 0.172. The van der Waals surface area contributed by atoms with E-state index in [0.717, 1.165) is 49.6 Å². The smallest absolute Gasteiger partial charge is 0.229 e. The lowest BCUT2D eigenvalue weighted by molar-refractivity contribution is -0.134. The van der Waals surface area contributed by atoms with Gasteiger partial charge in [0.1, 0.15) is 0 Å². The van der Waals surface area contributed by atoms with Crippen LogP contribution in [-0.4, -0.2) is 38.1 Å². The Balaban J connectivity index is 1.38. The molecule has 2 saturated heterocycles. The average molecular weight is 370 g/mol. The predicted molar refractivity (Wildman–Crippen MR) is 106 cm³/mol. The molecular weight excluding hydrogens is 346 g/mol. The zero-order valence-electron chi connectivity index (χ0n) is 14.7. The van der Waals surface area contributed by atoms with E-state index >= 15 is 0 Å². The number of para-hydroxylation sites is 1. The van der Waals surface area contributed by atoms with Crippen LogP contribution >= 0.6 is 11.6 Å². The van der Waals surface area contributed by atoms with Crippen molar-refractivity contribution < 1.29 is 4.79 Å². The van der Waals surface area contributed by atoms with Crippen LogP contribution in [0, 0.1) is 5.41 Å². The normalized spacial score (nSPS) is 21.3. The molecule has 2 heterocycles. The Bertz CT molecular complexity index is 759. The van der Waals surface area contributed by atoms with Crippen molar-refractivity contribution in [1.82, 2.24) is 10.6 Å². The molecule has 2 N–H and O–H groups in total. The van der Waals surface area contributed by atoms with E-state index in [1.54, 1.807) is 0 Å². The molecule has 0 radical (unpaired) electrons. The lowest BCUT2D eigenvalue weighted by Crippen LogP contribution is -2.63. The van der Waals surface area contributed by atoms with Crippen molar-refractivity contribution >= 4 is 23.2 Å². The number of hydrogen-bond donors (Lipinski definition) is 2. The molecule has 0 bridgehead atoms. The first-order valence-corrected chi connectivity index (χ1v) is 9.59. The minimum atomic E-state index is -0.339. The van der Waals surface area contributed by atoms with Gasteiger partial charge in [-0.3, -0.25) is 4.79 Å². The van der Waals surface area contributed by atoms with E-state index in [1.165, 1.54) is 5.69 Å². The Morgan fingerprint density at radius 3 is 2.54 bits per heavy atom. The number of hydrogen-bond acceptors (Lipinski definition) is 3. The van der Waals surface area contributed by atoms with E-state index in [1.807, 2.05) is 30.3 Å². The lowest BCUT2D eigenvalue weighted by atomic mass is 9.75. The van der Waals surface area contributed by atoms with Gasteiger partial charge < -0.3 is 15.5 Å². The van der Waals surface area contributed by atoms with Crippen LogP contribution in [0.5, 0.6) is 0 Å². The van der Waals surface area contributed by atoms with Crippen LogP contribution in [0.15, 0.2) is 54.6 Å². The molecular formula is C21H24ClN3O. The van der Waals surface area contributed by atoms with E-state index in [4.69, 9.17) is 11.6 Å². The highest BCUT2D eigenvalue weighted by atomic mass is 35.5. The topological polar surface area (TPSA) is 44.4 Å². The van der Waals surface area contributed by atoms with Gasteiger partial charge in [-0.05, 0) is 42.7 Å². The minimum Gasteiger partial charge on any atom is -0.369 e. The number of anilines is 1. The molecule has 5 heteroatoms. The van der Waals surface area contributed by atoms with E-state index in [0.29, 0.717) is 0 Å². The number of rotatable bonds is 5. The summed E-state index contributed by atoms with van der Waals surface area (Å²) >= 11 is 5.97. The van der Waals surface area contributed by atoms with Crippen molar-refractivity contribution in [2.24, 2.45) is 5.41 Å². The molecule has 2 aliphatic heterocycles. The summed E-state index contributed by atoms with van der Waals surface area (Å²) in [6.07, 6.45) is 1.74. The monoisotopic (exact) mass is 369 g/mol. The second-order valence-electron chi connectivity index (χ2n) is 7.43. The molecule has 0 saturated carbocycles. The maximum Gasteiger partial charge on any atom is 0.229 e. The van der Waals surface area contributed by atoms with Gasteiger partial charge in [0.25, 0.3) is 0 Å². The summed E-state index contributed by atoms with van der Waals surface area (Å²) in [6.45, 7) is 3.32. The second kappa shape index (κ2) is 7.29. The van der Waals surface area contributed by atoms with Crippen molar-refractivity contribution in [3.63, 3.8) is 0 Å². The quantitative estimate of drug-likeness (QED) is 0.851. The molecule has 2 aromatic carbocycles. The molecule has 136 valence electrons. The van der Waals surface area contributed by atoms with E-state index in [-0.39, 0.29) is 17.4 Å². The molecule has 2 aromatic rings. The SMILES string of the molecule is O=C(NC1CCN(c2ccccc2)C1)C1(Cc2ccc(Cl)cc2)CNC1. The second-order valence-corrected chi connectivity index (χ2v) is 7.86. The first-order valence-electron chi connectivity index (χ1n) is 9.21. The standard InChI is InChI=1S/C21H24ClN3O/c22-17-8-6-16(7-9-17)12-21(14-23-15-21)20(26)24-18-10-11-25(13-18)19-4-2-1-3-5-19/h1-9,18,23H,10-15H2,(H,24,26). The van der Waals surface area contributed by atoms with E-state index in [9.17, 15) is 4.79 Å². The third-order valence-corrected chi connectivity index (χ3v) is 5.76. The van der Waals surface area contributed by atoms with Gasteiger partial charge in [-0.2, -0.15) is 0 Å². The van der Waals surface area contributed by atoms with Crippen LogP contribution in [0.3, 0.4) is 0 Å². The fourth-order valence-electron chi connectivity index (χ4n) is 3.88. The van der Waals surface area contributed by atoms with Gasteiger partial charge in [0.15, 0.2) is 0 Å². The number of nitrogens with zero attached hydrogens (tertiary/aromatic N) is 1. The molecule has 0 spiro atoms. The first kappa shape index (κ1) is 17.4. The van der Waals surface area contributed by atoms with Gasteiger partial charge in [-0.1, -0.05) is 41.9 Å². The van der Waals surface area contributed by atoms with E-state index in [2.05, 4.69) is 39.8 Å². The Labute approximate surface area is 159 Å². The fourth-order valence-corrected chi connectivity index (χ4v) is 4.00. The van der Waals surface area contributed by atoms with Crippen LogP contribution in [0.2, 0.25) is 5.02 Å². The molecule has 2 aliphatic rings. The minimum absolute atomic E-state index is 0.172. The van der Waals surface area contributed by atoms with Gasteiger partial charge in [0.05, 0.1) is 5.41 Å². The van der Waals surface area contributed by atoms with Gasteiger partial charge >= 0.3 is 0 Å². The number of carbonyl (C=O) groups excluding carboxylic acids is 1. The Morgan fingerprint density at radius 1 is 1.15 bits per heavy atom. The molecule has 26 heavy (non-hydrogen) atoms. The highest BCUT2D eigenvalue weighted by molar-refractivity contribution is 6.30. The summed E-state index contributed by atoms with van der Waals surface area (Å²) in [7, 11) is 0. The fraction of sp³-hybridized carbons (Fsp3) is 0.381. The van der Waals surface area contributed by atoms with Crippen molar-refractivity contribution in [1.29, 1.82) is 0 Å². The van der Waals surface area contributed by atoms with Crippen molar-refractivity contribution in [2.45, 2.75) is 18.9 Å². The van der Waals surface area contributed by atoms with Gasteiger partial charge in [-0.15, -0.1) is 0 Å². The number of carbonyl (C=O) groups is 1. The highest BCUT2D eigenvalue weighted by Crippen LogP contribution is 2.29. The average Bonchev–Trinajstić information content (AvgIpc) is 3.09. The maximum absolute atomic E-state index is 13.0. The third kappa shape index (κ3) is 3.57. The van der Waals surface area contributed by atoms with Crippen LogP contribution in [0.25, 0.3) is 0 Å². The van der Waals surface area contributed by atoms with Crippen molar-refractivity contribution in [3.05, 3.63) is 65.2 Å². The molecule has 1 atom stereocenters. The summed E-state index contributed by atoms with van der Waals surface area (Å²) in [5.41, 5.74) is 2.04. The Morgan fingerprint density at radius 2 is 1.88 bits per heavy atom. The number of nitrogens with one attached hydrogen (secondary N) is 2. The van der Waals surface area contributed by atoms with Crippen LogP contribution in [0.4, 0.5) is 5.69 Å². The van der Waals surface area contributed by atoms with Crippen LogP contribution in [-0.2, 0) is 11.2 Å². The largest absolute Gasteiger partial charge is 0.369 e. The van der Waals surface area contributed by atoms with Crippen molar-refractivity contribution in [2.75, 3.05) is 31.1 Å². The molecule has 0 aromatic heterocycles. The zero-order valence-corrected chi connectivity index (χ0v) is 15.5. The lowest BCUT2D eigenvalue weighted by Gasteiger charge is -2.42. The molecule has 1 amide bonds. The molecule has 2 fully saturated rings. The van der Waals surface area contributed by atoms with Crippen LogP contribution in [0.1, 0.15) is 12.0 Å². The summed E-state index contributed by atoms with van der Waals surface area (Å²) in [4.78, 5) is 15.4. The summed E-state index contributed by atoms with van der Waals surface area (Å²) < 4.78 is 0.